The summed E-state index contributed by atoms with van der Waals surface area (Å²) >= 11 is 0. The van der Waals surface area contributed by atoms with Gasteiger partial charge in [-0.3, -0.25) is 9.78 Å². The molecule has 0 aliphatic heterocycles. The molecule has 4 N–H and O–H groups in total. The van der Waals surface area contributed by atoms with Gasteiger partial charge in [-0.05, 0) is 19.1 Å². The lowest BCUT2D eigenvalue weighted by Crippen LogP contribution is -2.47. The fourth-order valence-corrected chi connectivity index (χ4v) is 1.41. The number of carbonyl (C=O) groups is 3. The molecule has 3 amide bonds. The first-order chi connectivity index (χ1) is 9.43. The summed E-state index contributed by atoms with van der Waals surface area (Å²) in [5.41, 5.74) is 0.503. The zero-order valence-electron chi connectivity index (χ0n) is 11.1. The summed E-state index contributed by atoms with van der Waals surface area (Å²) in [7, 11) is 1.47. The number of hydrogen-bond acceptors (Lipinski definition) is 4. The van der Waals surface area contributed by atoms with E-state index in [0.717, 1.165) is 0 Å². The minimum absolute atomic E-state index is 0.0629. The molecule has 8 heteroatoms. The molecule has 0 radical (unpaired) electrons. The van der Waals surface area contributed by atoms with Crippen LogP contribution in [0.4, 0.5) is 4.79 Å². The first-order valence-electron chi connectivity index (χ1n) is 5.88. The molecular weight excluding hydrogens is 264 g/mol. The first-order valence-corrected chi connectivity index (χ1v) is 5.88. The van der Waals surface area contributed by atoms with Gasteiger partial charge in [0, 0.05) is 13.2 Å². The molecule has 0 saturated heterocycles. The molecule has 8 nitrogen and oxygen atoms in total. The number of urea groups is 1. The van der Waals surface area contributed by atoms with E-state index in [1.807, 2.05) is 0 Å². The molecule has 0 aliphatic rings. The maximum absolute atomic E-state index is 11.5. The predicted molar refractivity (Wildman–Crippen MR) is 70.1 cm³/mol. The number of aromatic nitrogens is 1. The Labute approximate surface area is 115 Å². The van der Waals surface area contributed by atoms with Crippen molar-refractivity contribution in [2.45, 2.75) is 19.5 Å². The molecule has 0 saturated carbocycles. The van der Waals surface area contributed by atoms with Gasteiger partial charge in [0.15, 0.2) is 0 Å². The van der Waals surface area contributed by atoms with Crippen LogP contribution in [0.3, 0.4) is 0 Å². The second-order valence-corrected chi connectivity index (χ2v) is 4.00. The molecule has 0 bridgehead atoms. The van der Waals surface area contributed by atoms with Crippen molar-refractivity contribution in [2.75, 3.05) is 7.05 Å². The molecule has 108 valence electrons. The third-order valence-corrected chi connectivity index (χ3v) is 2.48. The number of nitrogens with zero attached hydrogens (tertiary/aromatic N) is 1. The van der Waals surface area contributed by atoms with Crippen LogP contribution in [-0.2, 0) is 11.3 Å². The standard InChI is InChI=1S/C12H16N4O4/c1-7(10(17)13-2)16-12(20)15-6-9-5-8(11(18)19)3-4-14-9/h3-5,7H,6H2,1-2H3,(H,13,17)(H,18,19)(H2,15,16,20). The van der Waals surface area contributed by atoms with Gasteiger partial charge in [0.05, 0.1) is 17.8 Å². The van der Waals surface area contributed by atoms with Crippen LogP contribution in [0, 0.1) is 0 Å². The second-order valence-electron chi connectivity index (χ2n) is 4.00. The lowest BCUT2D eigenvalue weighted by atomic mass is 10.2. The molecule has 1 aromatic rings. The maximum atomic E-state index is 11.5. The Morgan fingerprint density at radius 2 is 2.10 bits per heavy atom. The topological polar surface area (TPSA) is 120 Å². The minimum Gasteiger partial charge on any atom is -0.478 e. The molecule has 1 atom stereocenters. The van der Waals surface area contributed by atoms with E-state index in [1.165, 1.54) is 25.4 Å². The lowest BCUT2D eigenvalue weighted by molar-refractivity contribution is -0.122. The van der Waals surface area contributed by atoms with Gasteiger partial charge in [0.1, 0.15) is 6.04 Å². The van der Waals surface area contributed by atoms with Crippen molar-refractivity contribution < 1.29 is 19.5 Å². The summed E-state index contributed by atoms with van der Waals surface area (Å²) < 4.78 is 0. The van der Waals surface area contributed by atoms with Crippen LogP contribution < -0.4 is 16.0 Å². The predicted octanol–water partition coefficient (Wildman–Crippen LogP) is -0.286. The fourth-order valence-electron chi connectivity index (χ4n) is 1.41. The van der Waals surface area contributed by atoms with Gasteiger partial charge in [-0.25, -0.2) is 9.59 Å². The van der Waals surface area contributed by atoms with Crippen LogP contribution in [0.5, 0.6) is 0 Å². The van der Waals surface area contributed by atoms with Crippen molar-refractivity contribution in [2.24, 2.45) is 0 Å². The fraction of sp³-hybridized carbons (Fsp3) is 0.333. The van der Waals surface area contributed by atoms with Gasteiger partial charge in [0.2, 0.25) is 5.91 Å². The molecular formula is C12H16N4O4. The van der Waals surface area contributed by atoms with Gasteiger partial charge in [-0.15, -0.1) is 0 Å². The molecule has 1 aromatic heterocycles. The van der Waals surface area contributed by atoms with Crippen LogP contribution in [0.2, 0.25) is 0 Å². The highest BCUT2D eigenvalue weighted by atomic mass is 16.4. The average molecular weight is 280 g/mol. The number of pyridine rings is 1. The summed E-state index contributed by atoms with van der Waals surface area (Å²) in [4.78, 5) is 37.4. The quantitative estimate of drug-likeness (QED) is 0.591. The van der Waals surface area contributed by atoms with E-state index < -0.39 is 18.0 Å². The highest BCUT2D eigenvalue weighted by Crippen LogP contribution is 2.01. The van der Waals surface area contributed by atoms with Crippen LogP contribution in [0.1, 0.15) is 23.0 Å². The number of carboxylic acid groups (broad SMARTS) is 1. The van der Waals surface area contributed by atoms with E-state index in [0.29, 0.717) is 5.69 Å². The summed E-state index contributed by atoms with van der Waals surface area (Å²) in [6.07, 6.45) is 1.35. The van der Waals surface area contributed by atoms with Gasteiger partial charge < -0.3 is 21.1 Å². The minimum atomic E-state index is -1.06. The molecule has 0 aromatic carbocycles. The van der Waals surface area contributed by atoms with Crippen molar-refractivity contribution in [3.8, 4) is 0 Å². The zero-order chi connectivity index (χ0) is 15.1. The monoisotopic (exact) mass is 280 g/mol. The molecule has 0 spiro atoms. The van der Waals surface area contributed by atoms with Gasteiger partial charge in [-0.1, -0.05) is 0 Å². The smallest absolute Gasteiger partial charge is 0.335 e. The molecule has 1 rings (SSSR count). The highest BCUT2D eigenvalue weighted by Gasteiger charge is 2.13. The Bertz CT molecular complexity index is 518. The Kier molecular flexibility index (Phi) is 5.45. The largest absolute Gasteiger partial charge is 0.478 e. The molecule has 1 unspecified atom stereocenters. The van der Waals surface area contributed by atoms with Crippen LogP contribution >= 0.6 is 0 Å². The Morgan fingerprint density at radius 1 is 1.40 bits per heavy atom. The van der Waals surface area contributed by atoms with Crippen molar-refractivity contribution in [1.82, 2.24) is 20.9 Å². The van der Waals surface area contributed by atoms with Crippen molar-refractivity contribution in [1.29, 1.82) is 0 Å². The Balaban J connectivity index is 2.51. The number of amides is 3. The van der Waals surface area contributed by atoms with Crippen LogP contribution in [-0.4, -0.2) is 41.1 Å². The first kappa shape index (κ1) is 15.4. The average Bonchev–Trinajstić information content (AvgIpc) is 2.44. The summed E-state index contributed by atoms with van der Waals surface area (Å²) in [6.45, 7) is 1.61. The number of hydrogen-bond donors (Lipinski definition) is 4. The number of carboxylic acids is 1. The Morgan fingerprint density at radius 3 is 2.70 bits per heavy atom. The van der Waals surface area contributed by atoms with Gasteiger partial charge >= 0.3 is 12.0 Å². The zero-order valence-corrected chi connectivity index (χ0v) is 11.1. The summed E-state index contributed by atoms with van der Waals surface area (Å²) in [5, 5.41) is 16.1. The number of likely N-dealkylation sites (N-methyl/N-ethyl adjacent to an activating group) is 1. The van der Waals surface area contributed by atoms with E-state index in [2.05, 4.69) is 20.9 Å². The van der Waals surface area contributed by atoms with Gasteiger partial charge in [0.25, 0.3) is 0 Å². The van der Waals surface area contributed by atoms with Crippen molar-refractivity contribution >= 4 is 17.9 Å². The van der Waals surface area contributed by atoms with E-state index in [1.54, 1.807) is 6.92 Å². The highest BCUT2D eigenvalue weighted by molar-refractivity contribution is 5.87. The number of aromatic carboxylic acids is 1. The van der Waals surface area contributed by atoms with E-state index in [9.17, 15) is 14.4 Å². The van der Waals surface area contributed by atoms with Crippen LogP contribution in [0.25, 0.3) is 0 Å². The second kappa shape index (κ2) is 7.07. The lowest BCUT2D eigenvalue weighted by Gasteiger charge is -2.13. The maximum Gasteiger partial charge on any atom is 0.335 e. The molecule has 1 heterocycles. The normalized spacial score (nSPS) is 11.3. The number of rotatable bonds is 5. The summed E-state index contributed by atoms with van der Waals surface area (Å²) in [6, 6.07) is 1.52. The van der Waals surface area contributed by atoms with E-state index >= 15 is 0 Å². The Hall–Kier alpha value is -2.64. The number of nitrogens with one attached hydrogen (secondary N) is 3. The molecule has 0 fully saturated rings. The van der Waals surface area contributed by atoms with E-state index in [4.69, 9.17) is 5.11 Å². The SMILES string of the molecule is CNC(=O)C(C)NC(=O)NCc1cc(C(=O)O)ccn1. The van der Waals surface area contributed by atoms with Crippen molar-refractivity contribution in [3.63, 3.8) is 0 Å². The van der Waals surface area contributed by atoms with Gasteiger partial charge in [-0.2, -0.15) is 0 Å². The third kappa shape index (κ3) is 4.56. The molecule has 20 heavy (non-hydrogen) atoms. The van der Waals surface area contributed by atoms with Crippen LogP contribution in [0.15, 0.2) is 18.3 Å². The van der Waals surface area contributed by atoms with Crippen molar-refractivity contribution in [3.05, 3.63) is 29.6 Å². The molecule has 0 aliphatic carbocycles. The van der Waals surface area contributed by atoms with E-state index in [-0.39, 0.29) is 18.0 Å². The number of carbonyl (C=O) groups excluding carboxylic acids is 2. The third-order valence-electron chi connectivity index (χ3n) is 2.48. The summed E-state index contributed by atoms with van der Waals surface area (Å²) in [5.74, 6) is -1.38.